The van der Waals surface area contributed by atoms with Crippen LogP contribution in [0, 0.1) is 10.1 Å². The van der Waals surface area contributed by atoms with Gasteiger partial charge < -0.3 is 10.1 Å². The van der Waals surface area contributed by atoms with Gasteiger partial charge >= 0.3 is 5.97 Å². The van der Waals surface area contributed by atoms with Crippen LogP contribution in [0.25, 0.3) is 0 Å². The largest absolute Gasteiger partial charge is 0.464 e. The van der Waals surface area contributed by atoms with Gasteiger partial charge in [-0.05, 0) is 6.07 Å². The van der Waals surface area contributed by atoms with Crippen molar-refractivity contribution < 1.29 is 14.5 Å². The summed E-state index contributed by atoms with van der Waals surface area (Å²) in [6.07, 6.45) is 1.51. The van der Waals surface area contributed by atoms with E-state index in [9.17, 15) is 14.9 Å². The monoisotopic (exact) mass is 239 g/mol. The first kappa shape index (κ1) is 12.9. The second kappa shape index (κ2) is 6.41. The number of esters is 1. The van der Waals surface area contributed by atoms with E-state index >= 15 is 0 Å². The molecule has 0 aromatic carbocycles. The highest BCUT2D eigenvalue weighted by atomic mass is 16.6. The number of carbonyl (C=O) groups excluding carboxylic acids is 1. The molecule has 0 spiro atoms. The summed E-state index contributed by atoms with van der Waals surface area (Å²) in [4.78, 5) is 24.5. The molecule has 0 aliphatic heterocycles. The maximum absolute atomic E-state index is 10.8. The lowest BCUT2D eigenvalue weighted by atomic mass is 10.4. The summed E-state index contributed by atoms with van der Waals surface area (Å²) in [5.74, 6) is 0.242. The maximum atomic E-state index is 10.8. The van der Waals surface area contributed by atoms with E-state index in [2.05, 4.69) is 10.3 Å². The molecule has 0 aliphatic rings. The van der Waals surface area contributed by atoms with Crippen LogP contribution in [0.15, 0.2) is 18.3 Å². The zero-order chi connectivity index (χ0) is 12.7. The van der Waals surface area contributed by atoms with Gasteiger partial charge in [0.15, 0.2) is 0 Å². The van der Waals surface area contributed by atoms with Crippen molar-refractivity contribution in [1.29, 1.82) is 0 Å². The van der Waals surface area contributed by atoms with Gasteiger partial charge in [-0.25, -0.2) is 4.98 Å². The molecule has 0 saturated heterocycles. The Morgan fingerprint density at radius 2 is 2.35 bits per heavy atom. The lowest BCUT2D eigenvalue weighted by Gasteiger charge is -2.05. The molecule has 17 heavy (non-hydrogen) atoms. The number of carbonyl (C=O) groups is 1. The molecular weight excluding hydrogens is 226 g/mol. The molecule has 0 amide bonds. The van der Waals surface area contributed by atoms with E-state index in [1.54, 1.807) is 6.92 Å². The summed E-state index contributed by atoms with van der Waals surface area (Å²) in [6, 6.07) is 2.85. The Morgan fingerprint density at radius 1 is 1.59 bits per heavy atom. The summed E-state index contributed by atoms with van der Waals surface area (Å²) in [6.45, 7) is 2.37. The normalized spacial score (nSPS) is 9.71. The lowest BCUT2D eigenvalue weighted by molar-refractivity contribution is -0.385. The summed E-state index contributed by atoms with van der Waals surface area (Å²) >= 11 is 0. The summed E-state index contributed by atoms with van der Waals surface area (Å²) < 4.78 is 4.84. The van der Waals surface area contributed by atoms with Crippen molar-refractivity contribution >= 4 is 17.5 Å². The zero-order valence-corrected chi connectivity index (χ0v) is 9.38. The van der Waals surface area contributed by atoms with E-state index in [4.69, 9.17) is 4.74 Å². The van der Waals surface area contributed by atoms with Gasteiger partial charge in [0.2, 0.25) is 0 Å². The van der Waals surface area contributed by atoms with Crippen molar-refractivity contribution in [2.75, 3.05) is 18.5 Å². The molecule has 0 aliphatic carbocycles. The number of pyridine rings is 1. The molecule has 1 aromatic heterocycles. The highest BCUT2D eigenvalue weighted by molar-refractivity contribution is 5.68. The van der Waals surface area contributed by atoms with Gasteiger partial charge in [0.05, 0.1) is 11.5 Å². The van der Waals surface area contributed by atoms with Gasteiger partial charge in [0.25, 0.3) is 5.69 Å². The molecule has 0 radical (unpaired) electrons. The third-order valence-corrected chi connectivity index (χ3v) is 1.92. The number of aromatic nitrogens is 1. The van der Waals surface area contributed by atoms with Crippen LogP contribution >= 0.6 is 0 Å². The number of rotatable bonds is 6. The Hall–Kier alpha value is -2.18. The quantitative estimate of drug-likeness (QED) is 0.348. The summed E-state index contributed by atoms with van der Waals surface area (Å²) in [7, 11) is 0. The predicted molar refractivity (Wildman–Crippen MR) is 60.6 cm³/mol. The Balaban J connectivity index is 2.32. The lowest BCUT2D eigenvalue weighted by Crippen LogP contribution is -2.13. The summed E-state index contributed by atoms with van der Waals surface area (Å²) in [5.41, 5.74) is -0.0621. The standard InChI is InChI=1S/C10H13N3O4/c1-2-10(14)17-6-5-11-9-4-3-8(7-12-9)13(15)16/h3-4,7H,2,5-6H2,1H3,(H,11,12). The first-order valence-electron chi connectivity index (χ1n) is 5.13. The fraction of sp³-hybridized carbons (Fsp3) is 0.400. The smallest absolute Gasteiger partial charge is 0.305 e. The van der Waals surface area contributed by atoms with Crippen molar-refractivity contribution in [2.45, 2.75) is 13.3 Å². The molecule has 0 atom stereocenters. The van der Waals surface area contributed by atoms with Crippen molar-refractivity contribution in [1.82, 2.24) is 4.98 Å². The third kappa shape index (κ3) is 4.45. The number of hydrogen-bond donors (Lipinski definition) is 1. The second-order valence-corrected chi connectivity index (χ2v) is 3.16. The first-order valence-corrected chi connectivity index (χ1v) is 5.13. The number of nitro groups is 1. The predicted octanol–water partition coefficient (Wildman–Crippen LogP) is 1.35. The minimum absolute atomic E-state index is 0.0621. The highest BCUT2D eigenvalue weighted by Crippen LogP contribution is 2.11. The van der Waals surface area contributed by atoms with Gasteiger partial charge in [-0.3, -0.25) is 14.9 Å². The Bertz CT molecular complexity index is 391. The van der Waals surface area contributed by atoms with E-state index in [1.165, 1.54) is 18.3 Å². The van der Waals surface area contributed by atoms with Gasteiger partial charge in [-0.15, -0.1) is 0 Å². The fourth-order valence-electron chi connectivity index (χ4n) is 1.04. The molecule has 0 unspecified atom stereocenters. The van der Waals surface area contributed by atoms with E-state index in [0.29, 0.717) is 18.8 Å². The topological polar surface area (TPSA) is 94.4 Å². The molecular formula is C10H13N3O4. The van der Waals surface area contributed by atoms with E-state index in [-0.39, 0.29) is 18.3 Å². The number of nitrogens with zero attached hydrogens (tertiary/aromatic N) is 2. The average Bonchev–Trinajstić information content (AvgIpc) is 2.34. The van der Waals surface area contributed by atoms with Gasteiger partial charge in [0, 0.05) is 12.5 Å². The molecule has 1 heterocycles. The molecule has 1 N–H and O–H groups in total. The second-order valence-electron chi connectivity index (χ2n) is 3.16. The minimum Gasteiger partial charge on any atom is -0.464 e. The molecule has 0 fully saturated rings. The van der Waals surface area contributed by atoms with Crippen molar-refractivity contribution in [2.24, 2.45) is 0 Å². The Morgan fingerprint density at radius 3 is 2.88 bits per heavy atom. The van der Waals surface area contributed by atoms with Gasteiger partial charge in [-0.2, -0.15) is 0 Å². The highest BCUT2D eigenvalue weighted by Gasteiger charge is 2.04. The van der Waals surface area contributed by atoms with E-state index < -0.39 is 4.92 Å². The van der Waals surface area contributed by atoms with Crippen LogP contribution in [0.4, 0.5) is 11.5 Å². The minimum atomic E-state index is -0.514. The van der Waals surface area contributed by atoms with Crippen molar-refractivity contribution in [3.8, 4) is 0 Å². The number of hydrogen-bond acceptors (Lipinski definition) is 6. The zero-order valence-electron chi connectivity index (χ0n) is 9.38. The molecule has 1 rings (SSSR count). The van der Waals surface area contributed by atoms with Crippen LogP contribution in [0.1, 0.15) is 13.3 Å². The van der Waals surface area contributed by atoms with Crippen molar-refractivity contribution in [3.63, 3.8) is 0 Å². The third-order valence-electron chi connectivity index (χ3n) is 1.92. The Labute approximate surface area is 98.0 Å². The number of anilines is 1. The summed E-state index contributed by atoms with van der Waals surface area (Å²) in [5, 5.41) is 13.2. The molecule has 92 valence electrons. The number of ether oxygens (including phenoxy) is 1. The molecule has 1 aromatic rings. The van der Waals surface area contributed by atoms with E-state index in [1.807, 2.05) is 0 Å². The average molecular weight is 239 g/mol. The van der Waals surface area contributed by atoms with Crippen LogP contribution in [-0.4, -0.2) is 29.0 Å². The van der Waals surface area contributed by atoms with Crippen LogP contribution < -0.4 is 5.32 Å². The molecule has 0 saturated carbocycles. The molecule has 7 heteroatoms. The van der Waals surface area contributed by atoms with Crippen LogP contribution in [0.3, 0.4) is 0 Å². The fourth-order valence-corrected chi connectivity index (χ4v) is 1.04. The Kier molecular flexibility index (Phi) is 4.86. The SMILES string of the molecule is CCC(=O)OCCNc1ccc([N+](=O)[O-])cn1. The van der Waals surface area contributed by atoms with Crippen LogP contribution in [-0.2, 0) is 9.53 Å². The van der Waals surface area contributed by atoms with Gasteiger partial charge in [0.1, 0.15) is 18.6 Å². The van der Waals surface area contributed by atoms with Crippen LogP contribution in [0.2, 0.25) is 0 Å². The maximum Gasteiger partial charge on any atom is 0.305 e. The van der Waals surface area contributed by atoms with Crippen molar-refractivity contribution in [3.05, 3.63) is 28.4 Å². The van der Waals surface area contributed by atoms with E-state index in [0.717, 1.165) is 0 Å². The molecule has 7 nitrogen and oxygen atoms in total. The number of nitrogens with one attached hydrogen (secondary N) is 1. The van der Waals surface area contributed by atoms with Crippen LogP contribution in [0.5, 0.6) is 0 Å². The van der Waals surface area contributed by atoms with Gasteiger partial charge in [-0.1, -0.05) is 6.92 Å². The first-order chi connectivity index (χ1) is 8.13. The molecule has 0 bridgehead atoms.